The zero-order valence-electron chi connectivity index (χ0n) is 10.9. The summed E-state index contributed by atoms with van der Waals surface area (Å²) >= 11 is 11.7. The van der Waals surface area contributed by atoms with E-state index in [0.717, 1.165) is 0 Å². The standard InChI is InChI=1S/C11H12Cl2N4O3S/c1-6-16-9(17-20-6)4-5-15-21(18,19)8-3-2-7(12)11(14)10(8)13/h2-3,15H,4-5,14H2,1H3. The van der Waals surface area contributed by atoms with Crippen LogP contribution in [0.5, 0.6) is 0 Å². The summed E-state index contributed by atoms with van der Waals surface area (Å²) < 4.78 is 31.5. The van der Waals surface area contributed by atoms with E-state index in [2.05, 4.69) is 14.9 Å². The highest BCUT2D eigenvalue weighted by atomic mass is 35.5. The number of nitrogens with two attached hydrogens (primary N) is 1. The predicted molar refractivity (Wildman–Crippen MR) is 78.8 cm³/mol. The maximum Gasteiger partial charge on any atom is 0.242 e. The molecule has 0 aliphatic rings. The summed E-state index contributed by atoms with van der Waals surface area (Å²) in [5.74, 6) is 0.832. The lowest BCUT2D eigenvalue weighted by atomic mass is 10.3. The summed E-state index contributed by atoms with van der Waals surface area (Å²) in [5, 5.41) is 3.76. The lowest BCUT2D eigenvalue weighted by molar-refractivity contribution is 0.387. The minimum Gasteiger partial charge on any atom is -0.396 e. The molecule has 0 fully saturated rings. The Hall–Kier alpha value is -1.35. The summed E-state index contributed by atoms with van der Waals surface area (Å²) in [7, 11) is -3.80. The normalized spacial score (nSPS) is 11.8. The number of hydrogen-bond acceptors (Lipinski definition) is 6. The Labute approximate surface area is 131 Å². The van der Waals surface area contributed by atoms with Gasteiger partial charge in [-0.15, -0.1) is 0 Å². The van der Waals surface area contributed by atoms with E-state index in [1.165, 1.54) is 12.1 Å². The van der Waals surface area contributed by atoms with Gasteiger partial charge in [0.15, 0.2) is 5.82 Å². The van der Waals surface area contributed by atoms with Crippen molar-refractivity contribution < 1.29 is 12.9 Å². The highest BCUT2D eigenvalue weighted by molar-refractivity contribution is 7.89. The van der Waals surface area contributed by atoms with E-state index in [-0.39, 0.29) is 33.6 Å². The number of rotatable bonds is 5. The van der Waals surface area contributed by atoms with Gasteiger partial charge in [-0.05, 0) is 12.1 Å². The topological polar surface area (TPSA) is 111 Å². The van der Waals surface area contributed by atoms with Crippen LogP contribution in [0, 0.1) is 6.92 Å². The lowest BCUT2D eigenvalue weighted by Gasteiger charge is -2.10. The monoisotopic (exact) mass is 350 g/mol. The van der Waals surface area contributed by atoms with Crippen LogP contribution in [-0.4, -0.2) is 25.1 Å². The van der Waals surface area contributed by atoms with Gasteiger partial charge in [0.25, 0.3) is 0 Å². The third-order valence-electron chi connectivity index (χ3n) is 2.59. The number of halogens is 2. The van der Waals surface area contributed by atoms with E-state index in [1.54, 1.807) is 6.92 Å². The molecular weight excluding hydrogens is 339 g/mol. The van der Waals surface area contributed by atoms with E-state index >= 15 is 0 Å². The van der Waals surface area contributed by atoms with E-state index in [9.17, 15) is 8.42 Å². The Bertz CT molecular complexity index is 761. The molecule has 0 spiro atoms. The number of hydrogen-bond donors (Lipinski definition) is 2. The van der Waals surface area contributed by atoms with Gasteiger partial charge in [0.2, 0.25) is 15.9 Å². The predicted octanol–water partition coefficient (Wildman–Crippen LogP) is 1.79. The fraction of sp³-hybridized carbons (Fsp3) is 0.273. The number of aryl methyl sites for hydroxylation is 1. The Morgan fingerprint density at radius 2 is 2.10 bits per heavy atom. The SMILES string of the molecule is Cc1nc(CCNS(=O)(=O)c2ccc(Cl)c(N)c2Cl)no1. The van der Waals surface area contributed by atoms with Crippen molar-refractivity contribution in [3.8, 4) is 0 Å². The second-order valence-electron chi connectivity index (χ2n) is 4.15. The Balaban J connectivity index is 2.10. The Kier molecular flexibility index (Phi) is 4.72. The first-order chi connectivity index (χ1) is 9.81. The molecule has 7 nitrogen and oxygen atoms in total. The molecule has 2 aromatic rings. The fourth-order valence-corrected chi connectivity index (χ4v) is 3.37. The second kappa shape index (κ2) is 6.18. The van der Waals surface area contributed by atoms with Crippen LogP contribution < -0.4 is 10.5 Å². The molecule has 1 aromatic carbocycles. The second-order valence-corrected chi connectivity index (χ2v) is 6.67. The van der Waals surface area contributed by atoms with Crippen LogP contribution in [0.25, 0.3) is 0 Å². The van der Waals surface area contributed by atoms with Gasteiger partial charge in [-0.3, -0.25) is 0 Å². The fourth-order valence-electron chi connectivity index (χ4n) is 1.57. The van der Waals surface area contributed by atoms with Crippen molar-refractivity contribution in [2.75, 3.05) is 12.3 Å². The number of sulfonamides is 1. The third kappa shape index (κ3) is 3.65. The number of nitrogen functional groups attached to an aromatic ring is 1. The highest BCUT2D eigenvalue weighted by Crippen LogP contribution is 2.32. The minimum absolute atomic E-state index is 0.0231. The number of nitrogens with one attached hydrogen (secondary N) is 1. The Morgan fingerprint density at radius 1 is 1.38 bits per heavy atom. The van der Waals surface area contributed by atoms with Crippen molar-refractivity contribution in [3.05, 3.63) is 33.9 Å². The van der Waals surface area contributed by atoms with Gasteiger partial charge in [0, 0.05) is 19.9 Å². The van der Waals surface area contributed by atoms with E-state index in [4.69, 9.17) is 33.5 Å². The van der Waals surface area contributed by atoms with Crippen LogP contribution in [0.1, 0.15) is 11.7 Å². The Morgan fingerprint density at radius 3 is 2.71 bits per heavy atom. The van der Waals surface area contributed by atoms with Crippen LogP contribution in [0.4, 0.5) is 5.69 Å². The van der Waals surface area contributed by atoms with Crippen LogP contribution in [-0.2, 0) is 16.4 Å². The molecule has 21 heavy (non-hydrogen) atoms. The molecule has 0 atom stereocenters. The van der Waals surface area contributed by atoms with Crippen molar-refractivity contribution in [2.24, 2.45) is 0 Å². The van der Waals surface area contributed by atoms with Crippen molar-refractivity contribution in [2.45, 2.75) is 18.2 Å². The van der Waals surface area contributed by atoms with Crippen molar-refractivity contribution in [3.63, 3.8) is 0 Å². The van der Waals surface area contributed by atoms with Gasteiger partial charge in [0.05, 0.1) is 15.7 Å². The molecule has 0 radical (unpaired) electrons. The molecule has 2 rings (SSSR count). The van der Waals surface area contributed by atoms with Gasteiger partial charge in [-0.1, -0.05) is 28.4 Å². The summed E-state index contributed by atoms with van der Waals surface area (Å²) in [6.07, 6.45) is 0.289. The summed E-state index contributed by atoms with van der Waals surface area (Å²) in [6, 6.07) is 2.67. The molecule has 0 amide bonds. The highest BCUT2D eigenvalue weighted by Gasteiger charge is 2.20. The molecule has 0 bridgehead atoms. The average molecular weight is 351 g/mol. The maximum absolute atomic E-state index is 12.2. The van der Waals surface area contributed by atoms with Crippen LogP contribution in [0.3, 0.4) is 0 Å². The molecule has 1 aromatic heterocycles. The number of nitrogens with zero attached hydrogens (tertiary/aromatic N) is 2. The van der Waals surface area contributed by atoms with Gasteiger partial charge in [0.1, 0.15) is 4.90 Å². The van der Waals surface area contributed by atoms with Gasteiger partial charge in [-0.2, -0.15) is 4.98 Å². The summed E-state index contributed by atoms with van der Waals surface area (Å²) in [4.78, 5) is 3.84. The van der Waals surface area contributed by atoms with Gasteiger partial charge in [-0.25, -0.2) is 13.1 Å². The van der Waals surface area contributed by atoms with Crippen molar-refractivity contribution >= 4 is 38.9 Å². The van der Waals surface area contributed by atoms with Crippen molar-refractivity contribution in [1.29, 1.82) is 0 Å². The summed E-state index contributed by atoms with van der Waals surface area (Å²) in [6.45, 7) is 1.75. The molecular formula is C11H12Cl2N4O3S. The smallest absolute Gasteiger partial charge is 0.242 e. The van der Waals surface area contributed by atoms with Crippen LogP contribution >= 0.6 is 23.2 Å². The van der Waals surface area contributed by atoms with E-state index < -0.39 is 10.0 Å². The van der Waals surface area contributed by atoms with E-state index in [1.807, 2.05) is 0 Å². The zero-order chi connectivity index (χ0) is 15.6. The molecule has 1 heterocycles. The number of anilines is 1. The molecule has 0 saturated heterocycles. The molecule has 3 N–H and O–H groups in total. The molecule has 0 aliphatic heterocycles. The molecule has 114 valence electrons. The quantitative estimate of drug-likeness (QED) is 0.795. The lowest BCUT2D eigenvalue weighted by Crippen LogP contribution is -2.26. The minimum atomic E-state index is -3.80. The van der Waals surface area contributed by atoms with E-state index in [0.29, 0.717) is 11.7 Å². The molecule has 0 saturated carbocycles. The zero-order valence-corrected chi connectivity index (χ0v) is 13.3. The first-order valence-electron chi connectivity index (χ1n) is 5.83. The first-order valence-corrected chi connectivity index (χ1v) is 8.07. The summed E-state index contributed by atoms with van der Waals surface area (Å²) in [5.41, 5.74) is 5.64. The molecule has 0 aliphatic carbocycles. The van der Waals surface area contributed by atoms with Crippen molar-refractivity contribution in [1.82, 2.24) is 14.9 Å². The number of benzene rings is 1. The third-order valence-corrected chi connectivity index (χ3v) is 4.94. The van der Waals surface area contributed by atoms with Crippen LogP contribution in [0.2, 0.25) is 10.0 Å². The molecule has 10 heteroatoms. The molecule has 0 unspecified atom stereocenters. The van der Waals surface area contributed by atoms with Gasteiger partial charge < -0.3 is 10.3 Å². The maximum atomic E-state index is 12.2. The average Bonchev–Trinajstić information content (AvgIpc) is 2.81. The number of aromatic nitrogens is 2. The largest absolute Gasteiger partial charge is 0.396 e. The first kappa shape index (κ1) is 16.0. The van der Waals surface area contributed by atoms with Gasteiger partial charge >= 0.3 is 0 Å². The van der Waals surface area contributed by atoms with Crippen LogP contribution in [0.15, 0.2) is 21.6 Å².